The molecule has 38 heavy (non-hydrogen) atoms. The highest BCUT2D eigenvalue weighted by molar-refractivity contribution is 6.24. The van der Waals surface area contributed by atoms with Crippen molar-refractivity contribution in [1.29, 1.82) is 0 Å². The van der Waals surface area contributed by atoms with E-state index in [0.29, 0.717) is 12.8 Å². The summed E-state index contributed by atoms with van der Waals surface area (Å²) in [6.07, 6.45) is 4.69. The largest absolute Gasteiger partial charge is 0.508 e. The van der Waals surface area contributed by atoms with Gasteiger partial charge >= 0.3 is 0 Å². The van der Waals surface area contributed by atoms with Crippen molar-refractivity contribution >= 4 is 23.2 Å². The number of piperidine rings is 1. The van der Waals surface area contributed by atoms with E-state index in [1.165, 1.54) is 30.2 Å². The molecule has 1 aromatic carbocycles. The SMILES string of the molecule is CN(C)[C@@H]1C(=O)C(C(N)=O)=C(O)[C@@]2(O)C(=O)C3=C(O)c4c(O)ccc(CCN5CCCCC5)c4C[C@H]3C[C@@H]12. The van der Waals surface area contributed by atoms with Gasteiger partial charge in [0.2, 0.25) is 5.78 Å². The minimum atomic E-state index is -2.62. The van der Waals surface area contributed by atoms with Gasteiger partial charge in [-0.15, -0.1) is 0 Å². The second kappa shape index (κ2) is 9.52. The first-order valence-corrected chi connectivity index (χ1v) is 13.2. The Kier molecular flexibility index (Phi) is 6.61. The van der Waals surface area contributed by atoms with Crippen LogP contribution in [0.2, 0.25) is 0 Å². The number of hydrogen-bond acceptors (Lipinski definition) is 9. The number of primary amides is 1. The zero-order valence-electron chi connectivity index (χ0n) is 21.7. The summed E-state index contributed by atoms with van der Waals surface area (Å²) in [5, 5.41) is 44.7. The fourth-order valence-corrected chi connectivity index (χ4v) is 7.00. The van der Waals surface area contributed by atoms with Crippen molar-refractivity contribution in [3.8, 4) is 5.75 Å². The third kappa shape index (κ3) is 3.85. The van der Waals surface area contributed by atoms with Crippen LogP contribution in [-0.2, 0) is 27.2 Å². The van der Waals surface area contributed by atoms with Gasteiger partial charge in [0, 0.05) is 18.0 Å². The van der Waals surface area contributed by atoms with Crippen LogP contribution in [0.5, 0.6) is 5.75 Å². The number of likely N-dealkylation sites (tertiary alicyclic amines) is 1. The average Bonchev–Trinajstić information content (AvgIpc) is 2.86. The number of carbonyl (C=O) groups excluding carboxylic acids is 3. The van der Waals surface area contributed by atoms with Gasteiger partial charge in [-0.25, -0.2) is 0 Å². The van der Waals surface area contributed by atoms with Crippen molar-refractivity contribution in [1.82, 2.24) is 9.80 Å². The molecule has 1 aliphatic heterocycles. The first-order valence-electron chi connectivity index (χ1n) is 13.2. The molecule has 0 bridgehead atoms. The van der Waals surface area contributed by atoms with Gasteiger partial charge in [-0.1, -0.05) is 12.5 Å². The number of phenols is 1. The topological polar surface area (TPSA) is 165 Å². The highest BCUT2D eigenvalue weighted by Gasteiger charge is 2.64. The van der Waals surface area contributed by atoms with Crippen LogP contribution in [0.3, 0.4) is 0 Å². The number of carbonyl (C=O) groups is 3. The minimum Gasteiger partial charge on any atom is -0.508 e. The smallest absolute Gasteiger partial charge is 0.255 e. The number of aromatic hydroxyl groups is 1. The van der Waals surface area contributed by atoms with E-state index in [0.717, 1.165) is 30.8 Å². The van der Waals surface area contributed by atoms with E-state index < -0.39 is 58.0 Å². The molecule has 5 rings (SSSR count). The molecule has 1 aromatic rings. The fraction of sp³-hybridized carbons (Fsp3) is 0.536. The number of aliphatic hydroxyl groups is 3. The molecule has 3 aliphatic carbocycles. The number of amides is 1. The van der Waals surface area contributed by atoms with Gasteiger partial charge < -0.3 is 31.1 Å². The Bertz CT molecular complexity index is 1280. The van der Waals surface area contributed by atoms with Crippen LogP contribution in [0.25, 0.3) is 5.76 Å². The van der Waals surface area contributed by atoms with Gasteiger partial charge in [0.25, 0.3) is 5.91 Å². The molecule has 1 heterocycles. The second-order valence-electron chi connectivity index (χ2n) is 11.2. The lowest BCUT2D eigenvalue weighted by Crippen LogP contribution is -2.65. The molecule has 2 fully saturated rings. The molecule has 0 spiro atoms. The molecular weight excluding hydrogens is 490 g/mol. The summed E-state index contributed by atoms with van der Waals surface area (Å²) < 4.78 is 0. The Morgan fingerprint density at radius 3 is 2.45 bits per heavy atom. The Hall–Kier alpha value is -3.21. The van der Waals surface area contributed by atoms with Crippen molar-refractivity contribution in [2.24, 2.45) is 17.6 Å². The number of phenolic OH excluding ortho intramolecular Hbond substituents is 1. The summed E-state index contributed by atoms with van der Waals surface area (Å²) in [5.74, 6) is -6.33. The normalized spacial score (nSPS) is 29.8. The number of fused-ring (bicyclic) bond motifs is 3. The van der Waals surface area contributed by atoms with E-state index in [1.807, 2.05) is 6.07 Å². The number of ketones is 2. The molecule has 1 saturated carbocycles. The molecule has 204 valence electrons. The molecule has 0 unspecified atom stereocenters. The summed E-state index contributed by atoms with van der Waals surface area (Å²) >= 11 is 0. The minimum absolute atomic E-state index is 0.0903. The van der Waals surface area contributed by atoms with Gasteiger partial charge in [-0.05, 0) is 82.4 Å². The first kappa shape index (κ1) is 26.4. The Labute approximate surface area is 221 Å². The first-order chi connectivity index (χ1) is 18.0. The molecule has 4 atom stereocenters. The second-order valence-corrected chi connectivity index (χ2v) is 11.2. The number of aliphatic hydroxyl groups excluding tert-OH is 2. The van der Waals surface area contributed by atoms with Gasteiger partial charge in [0.15, 0.2) is 11.4 Å². The summed E-state index contributed by atoms with van der Waals surface area (Å²) in [5.41, 5.74) is 3.66. The van der Waals surface area contributed by atoms with Crippen LogP contribution in [0.1, 0.15) is 42.4 Å². The van der Waals surface area contributed by atoms with E-state index in [2.05, 4.69) is 4.90 Å². The molecule has 0 radical (unpaired) electrons. The van der Waals surface area contributed by atoms with Crippen molar-refractivity contribution in [3.63, 3.8) is 0 Å². The van der Waals surface area contributed by atoms with Crippen molar-refractivity contribution < 1.29 is 34.8 Å². The molecule has 1 amide bonds. The number of rotatable bonds is 5. The number of nitrogens with two attached hydrogens (primary N) is 1. The van der Waals surface area contributed by atoms with Gasteiger partial charge in [-0.3, -0.25) is 19.3 Å². The predicted molar refractivity (Wildman–Crippen MR) is 138 cm³/mol. The Morgan fingerprint density at radius 2 is 1.82 bits per heavy atom. The summed E-state index contributed by atoms with van der Waals surface area (Å²) in [4.78, 5) is 43.1. The van der Waals surface area contributed by atoms with Crippen molar-refractivity contribution in [2.45, 2.75) is 50.2 Å². The third-order valence-electron chi connectivity index (χ3n) is 8.85. The molecule has 10 heteroatoms. The summed E-state index contributed by atoms with van der Waals surface area (Å²) in [6.45, 7) is 2.92. The predicted octanol–water partition coefficient (Wildman–Crippen LogP) is 0.992. The Morgan fingerprint density at radius 1 is 1.13 bits per heavy atom. The lowest BCUT2D eigenvalue weighted by atomic mass is 9.57. The maximum atomic E-state index is 13.9. The maximum Gasteiger partial charge on any atom is 0.255 e. The highest BCUT2D eigenvalue weighted by Crippen LogP contribution is 2.53. The van der Waals surface area contributed by atoms with E-state index in [9.17, 15) is 34.8 Å². The zero-order valence-corrected chi connectivity index (χ0v) is 21.7. The van der Waals surface area contributed by atoms with Gasteiger partial charge in [-0.2, -0.15) is 0 Å². The quantitative estimate of drug-likeness (QED) is 0.353. The summed E-state index contributed by atoms with van der Waals surface area (Å²) in [6, 6.07) is 2.25. The number of nitrogens with zero attached hydrogens (tertiary/aromatic N) is 2. The highest BCUT2D eigenvalue weighted by atomic mass is 16.3. The molecular formula is C28H35N3O7. The number of hydrogen-bond donors (Lipinski definition) is 5. The molecule has 0 aromatic heterocycles. The third-order valence-corrected chi connectivity index (χ3v) is 8.85. The van der Waals surface area contributed by atoms with Crippen LogP contribution in [0.15, 0.2) is 29.0 Å². The lowest BCUT2D eigenvalue weighted by molar-refractivity contribution is -0.153. The number of Topliss-reactive ketones (excluding diaryl/α,β-unsaturated/α-hetero) is 2. The van der Waals surface area contributed by atoms with Crippen LogP contribution in [0, 0.1) is 11.8 Å². The standard InChI is InChI=1S/C28H35N3O7/c1-30(2)22-17-13-15-12-16-14(8-11-31-9-4-3-5-10-31)6-7-18(32)20(16)23(33)19(15)25(35)28(17,38)26(36)21(24(22)34)27(29)37/h6-7,15,17,22,32-33,36,38H,3-5,8-13H2,1-2H3,(H2,29,37)/t15-,17-,22-,28-/m0/s1. The number of likely N-dealkylation sites (N-methyl/N-ethyl adjacent to an activating group) is 1. The molecule has 1 saturated heterocycles. The van der Waals surface area contributed by atoms with E-state index in [-0.39, 0.29) is 23.3 Å². The number of benzene rings is 1. The zero-order chi connectivity index (χ0) is 27.5. The van der Waals surface area contributed by atoms with Crippen molar-refractivity contribution in [3.05, 3.63) is 45.7 Å². The van der Waals surface area contributed by atoms with Gasteiger partial charge in [0.05, 0.1) is 11.6 Å². The van der Waals surface area contributed by atoms with Crippen LogP contribution >= 0.6 is 0 Å². The molecule has 6 N–H and O–H groups in total. The van der Waals surface area contributed by atoms with Crippen molar-refractivity contribution in [2.75, 3.05) is 33.7 Å². The fourth-order valence-electron chi connectivity index (χ4n) is 7.00. The van der Waals surface area contributed by atoms with Gasteiger partial charge in [0.1, 0.15) is 22.8 Å². The molecule has 10 nitrogen and oxygen atoms in total. The average molecular weight is 526 g/mol. The lowest BCUT2D eigenvalue weighted by Gasteiger charge is -2.50. The van der Waals surface area contributed by atoms with E-state index >= 15 is 0 Å². The summed E-state index contributed by atoms with van der Waals surface area (Å²) in [7, 11) is 3.17. The maximum absolute atomic E-state index is 13.9. The van der Waals surface area contributed by atoms with E-state index in [1.54, 1.807) is 14.1 Å². The van der Waals surface area contributed by atoms with Crippen LogP contribution in [-0.4, -0.2) is 93.1 Å². The Balaban J connectivity index is 1.60. The molecule has 4 aliphatic rings. The van der Waals surface area contributed by atoms with Crippen LogP contribution < -0.4 is 5.73 Å². The van der Waals surface area contributed by atoms with Crippen LogP contribution in [0.4, 0.5) is 0 Å². The van der Waals surface area contributed by atoms with E-state index in [4.69, 9.17) is 5.73 Å². The monoisotopic (exact) mass is 525 g/mol.